The minimum Gasteiger partial charge on any atom is -0.0888 e. The van der Waals surface area contributed by atoms with Gasteiger partial charge in [0.25, 0.3) is 0 Å². The first-order chi connectivity index (χ1) is 4.29. The highest BCUT2D eigenvalue weighted by Crippen LogP contribution is 2.13. The van der Waals surface area contributed by atoms with Crippen LogP contribution in [-0.2, 0) is 0 Å². The SMILES string of the molecule is CC1=CC=C(Cl)CC=C1. The van der Waals surface area contributed by atoms with Crippen LogP contribution in [0.5, 0.6) is 0 Å². The van der Waals surface area contributed by atoms with Gasteiger partial charge in [-0.1, -0.05) is 35.4 Å². The monoisotopic (exact) mass is 140 g/mol. The van der Waals surface area contributed by atoms with Crippen LogP contribution in [0, 0.1) is 0 Å². The fraction of sp³-hybridized carbons (Fsp3) is 0.250. The topological polar surface area (TPSA) is 0 Å². The van der Waals surface area contributed by atoms with Crippen molar-refractivity contribution in [1.29, 1.82) is 0 Å². The average molecular weight is 141 g/mol. The van der Waals surface area contributed by atoms with E-state index in [9.17, 15) is 0 Å². The van der Waals surface area contributed by atoms with Gasteiger partial charge in [0.05, 0.1) is 0 Å². The zero-order valence-corrected chi connectivity index (χ0v) is 6.15. The number of rotatable bonds is 0. The largest absolute Gasteiger partial charge is 0.0888 e. The van der Waals surface area contributed by atoms with Gasteiger partial charge < -0.3 is 0 Å². The van der Waals surface area contributed by atoms with Crippen molar-refractivity contribution in [3.05, 3.63) is 34.9 Å². The molecular weight excluding hydrogens is 132 g/mol. The van der Waals surface area contributed by atoms with Crippen molar-refractivity contribution in [3.63, 3.8) is 0 Å². The first-order valence-corrected chi connectivity index (χ1v) is 3.36. The molecular formula is C8H9Cl. The van der Waals surface area contributed by atoms with Gasteiger partial charge in [-0.25, -0.2) is 0 Å². The summed E-state index contributed by atoms with van der Waals surface area (Å²) >= 11 is 5.75. The van der Waals surface area contributed by atoms with Gasteiger partial charge in [0, 0.05) is 11.5 Å². The molecule has 0 amide bonds. The molecule has 0 heterocycles. The fourth-order valence-electron chi connectivity index (χ4n) is 0.703. The summed E-state index contributed by atoms with van der Waals surface area (Å²) in [7, 11) is 0. The number of allylic oxidation sites excluding steroid dienone is 6. The summed E-state index contributed by atoms with van der Waals surface area (Å²) in [4.78, 5) is 0. The van der Waals surface area contributed by atoms with Crippen LogP contribution in [0.3, 0.4) is 0 Å². The standard InChI is InChI=1S/C8H9Cl/c1-7-3-2-4-8(9)6-5-7/h2-3,5-6H,4H2,1H3. The molecule has 0 aromatic rings. The van der Waals surface area contributed by atoms with Gasteiger partial charge >= 0.3 is 0 Å². The van der Waals surface area contributed by atoms with Gasteiger partial charge in [0.15, 0.2) is 0 Å². The van der Waals surface area contributed by atoms with E-state index < -0.39 is 0 Å². The van der Waals surface area contributed by atoms with Crippen molar-refractivity contribution in [1.82, 2.24) is 0 Å². The third-order valence-corrected chi connectivity index (χ3v) is 1.50. The zero-order chi connectivity index (χ0) is 6.69. The van der Waals surface area contributed by atoms with Crippen LogP contribution < -0.4 is 0 Å². The highest BCUT2D eigenvalue weighted by molar-refractivity contribution is 6.29. The molecule has 1 aliphatic carbocycles. The Kier molecular flexibility index (Phi) is 2.12. The molecule has 0 aliphatic heterocycles. The normalized spacial score (nSPS) is 18.4. The van der Waals surface area contributed by atoms with Crippen LogP contribution in [0.1, 0.15) is 13.3 Å². The quantitative estimate of drug-likeness (QED) is 0.485. The predicted molar refractivity (Wildman–Crippen MR) is 41.5 cm³/mol. The van der Waals surface area contributed by atoms with Crippen LogP contribution >= 0.6 is 11.6 Å². The van der Waals surface area contributed by atoms with E-state index >= 15 is 0 Å². The first-order valence-electron chi connectivity index (χ1n) is 2.98. The lowest BCUT2D eigenvalue weighted by Gasteiger charge is -1.83. The molecule has 0 spiro atoms. The predicted octanol–water partition coefficient (Wildman–Crippen LogP) is 3.02. The van der Waals surface area contributed by atoms with Crippen LogP contribution in [0.25, 0.3) is 0 Å². The van der Waals surface area contributed by atoms with E-state index in [0.29, 0.717) is 0 Å². The molecule has 9 heavy (non-hydrogen) atoms. The zero-order valence-electron chi connectivity index (χ0n) is 5.39. The van der Waals surface area contributed by atoms with Crippen molar-refractivity contribution >= 4 is 11.6 Å². The molecule has 0 radical (unpaired) electrons. The summed E-state index contributed by atoms with van der Waals surface area (Å²) in [5, 5.41) is 0.906. The molecule has 1 rings (SSSR count). The summed E-state index contributed by atoms with van der Waals surface area (Å²) in [5.74, 6) is 0. The Labute approximate surface area is 60.5 Å². The van der Waals surface area contributed by atoms with Gasteiger partial charge in [0.1, 0.15) is 0 Å². The second-order valence-electron chi connectivity index (χ2n) is 2.13. The van der Waals surface area contributed by atoms with E-state index in [1.807, 2.05) is 12.2 Å². The maximum atomic E-state index is 5.75. The molecule has 0 N–H and O–H groups in total. The molecule has 0 fully saturated rings. The average Bonchev–Trinajstić information content (AvgIpc) is 1.97. The Morgan fingerprint density at radius 3 is 3.00 bits per heavy atom. The molecule has 0 bridgehead atoms. The van der Waals surface area contributed by atoms with Crippen molar-refractivity contribution in [2.45, 2.75) is 13.3 Å². The Morgan fingerprint density at radius 1 is 1.44 bits per heavy atom. The molecule has 0 aromatic heterocycles. The lowest BCUT2D eigenvalue weighted by atomic mass is 10.3. The number of halogens is 1. The Morgan fingerprint density at radius 2 is 2.22 bits per heavy atom. The number of hydrogen-bond acceptors (Lipinski definition) is 0. The van der Waals surface area contributed by atoms with E-state index in [1.54, 1.807) is 0 Å². The third kappa shape index (κ3) is 2.06. The molecule has 0 atom stereocenters. The fourth-order valence-corrected chi connectivity index (χ4v) is 0.855. The molecule has 0 saturated heterocycles. The van der Waals surface area contributed by atoms with Crippen molar-refractivity contribution in [2.24, 2.45) is 0 Å². The van der Waals surface area contributed by atoms with Crippen molar-refractivity contribution < 1.29 is 0 Å². The maximum absolute atomic E-state index is 5.75. The lowest BCUT2D eigenvalue weighted by Crippen LogP contribution is -1.61. The maximum Gasteiger partial charge on any atom is 0.0218 e. The second kappa shape index (κ2) is 2.88. The molecule has 1 aliphatic rings. The van der Waals surface area contributed by atoms with Crippen LogP contribution in [-0.4, -0.2) is 0 Å². The van der Waals surface area contributed by atoms with Gasteiger partial charge in [-0.2, -0.15) is 0 Å². The smallest absolute Gasteiger partial charge is 0.0218 e. The highest BCUT2D eigenvalue weighted by atomic mass is 35.5. The lowest BCUT2D eigenvalue weighted by molar-refractivity contribution is 1.36. The summed E-state index contributed by atoms with van der Waals surface area (Å²) < 4.78 is 0. The molecule has 0 unspecified atom stereocenters. The summed E-state index contributed by atoms with van der Waals surface area (Å²) in [5.41, 5.74) is 1.26. The van der Waals surface area contributed by atoms with E-state index in [2.05, 4.69) is 19.1 Å². The highest BCUT2D eigenvalue weighted by Gasteiger charge is 1.90. The van der Waals surface area contributed by atoms with E-state index in [0.717, 1.165) is 11.5 Å². The molecule has 48 valence electrons. The first kappa shape index (κ1) is 6.63. The van der Waals surface area contributed by atoms with Crippen molar-refractivity contribution in [2.75, 3.05) is 0 Å². The minimum atomic E-state index is 0.870. The third-order valence-electron chi connectivity index (χ3n) is 1.22. The molecule has 0 aromatic carbocycles. The van der Waals surface area contributed by atoms with Gasteiger partial charge in [-0.15, -0.1) is 0 Å². The minimum absolute atomic E-state index is 0.870. The Hall–Kier alpha value is -0.490. The van der Waals surface area contributed by atoms with Gasteiger partial charge in [-0.05, 0) is 13.0 Å². The van der Waals surface area contributed by atoms with E-state index in [-0.39, 0.29) is 0 Å². The Bertz CT molecular complexity index is 185. The van der Waals surface area contributed by atoms with Crippen LogP contribution in [0.15, 0.2) is 34.9 Å². The number of hydrogen-bond donors (Lipinski definition) is 0. The van der Waals surface area contributed by atoms with Gasteiger partial charge in [-0.3, -0.25) is 0 Å². The summed E-state index contributed by atoms with van der Waals surface area (Å²) in [6.45, 7) is 2.06. The van der Waals surface area contributed by atoms with Crippen molar-refractivity contribution in [3.8, 4) is 0 Å². The Balaban J connectivity index is 2.80. The van der Waals surface area contributed by atoms with Gasteiger partial charge in [0.2, 0.25) is 0 Å². The van der Waals surface area contributed by atoms with E-state index in [4.69, 9.17) is 11.6 Å². The summed E-state index contributed by atoms with van der Waals surface area (Å²) in [6.07, 6.45) is 8.97. The summed E-state index contributed by atoms with van der Waals surface area (Å²) in [6, 6.07) is 0. The molecule has 1 heteroatoms. The van der Waals surface area contributed by atoms with Crippen LogP contribution in [0.4, 0.5) is 0 Å². The molecule has 0 saturated carbocycles. The van der Waals surface area contributed by atoms with Crippen LogP contribution in [0.2, 0.25) is 0 Å². The second-order valence-corrected chi connectivity index (χ2v) is 2.62. The van der Waals surface area contributed by atoms with E-state index in [1.165, 1.54) is 5.57 Å². The molecule has 0 nitrogen and oxygen atoms in total.